The van der Waals surface area contributed by atoms with Crippen LogP contribution in [0, 0.1) is 13.8 Å². The number of rotatable bonds is 3. The van der Waals surface area contributed by atoms with Gasteiger partial charge in [0.25, 0.3) is 0 Å². The lowest BCUT2D eigenvalue weighted by atomic mass is 10.1. The SMILES string of the molecule is Cc1cnc(-c2cc(N3CCN4CC(CO)N=C4C3)ncc2Cl)c(C)c1. The summed E-state index contributed by atoms with van der Waals surface area (Å²) in [6, 6.07) is 4.12. The van der Waals surface area contributed by atoms with Crippen LogP contribution >= 0.6 is 11.6 Å². The Balaban J connectivity index is 1.64. The number of nitrogens with zero attached hydrogens (tertiary/aromatic N) is 5. The number of fused-ring (bicyclic) bond motifs is 1. The number of aliphatic hydroxyl groups excluding tert-OH is 1. The average molecular weight is 372 g/mol. The summed E-state index contributed by atoms with van der Waals surface area (Å²) >= 11 is 6.43. The zero-order valence-corrected chi connectivity index (χ0v) is 15.7. The smallest absolute Gasteiger partial charge is 0.129 e. The van der Waals surface area contributed by atoms with Crippen LogP contribution in [0.4, 0.5) is 5.82 Å². The minimum Gasteiger partial charge on any atom is -0.394 e. The Morgan fingerprint density at radius 3 is 2.73 bits per heavy atom. The molecule has 7 heteroatoms. The first-order valence-electron chi connectivity index (χ1n) is 8.81. The predicted octanol–water partition coefficient (Wildman–Crippen LogP) is 2.31. The number of hydrogen-bond acceptors (Lipinski definition) is 6. The van der Waals surface area contributed by atoms with E-state index in [1.165, 1.54) is 0 Å². The molecular weight excluding hydrogens is 350 g/mol. The second kappa shape index (κ2) is 6.85. The highest BCUT2D eigenvalue weighted by atomic mass is 35.5. The van der Waals surface area contributed by atoms with E-state index in [9.17, 15) is 5.11 Å². The average Bonchev–Trinajstić information content (AvgIpc) is 3.05. The molecule has 0 amide bonds. The second-order valence-corrected chi connectivity index (χ2v) is 7.36. The molecule has 0 spiro atoms. The van der Waals surface area contributed by atoms with Crippen molar-refractivity contribution in [3.8, 4) is 11.3 Å². The zero-order chi connectivity index (χ0) is 18.3. The van der Waals surface area contributed by atoms with E-state index in [0.29, 0.717) is 11.6 Å². The predicted molar refractivity (Wildman–Crippen MR) is 104 cm³/mol. The molecule has 26 heavy (non-hydrogen) atoms. The Bertz CT molecular complexity index is 869. The van der Waals surface area contributed by atoms with Crippen LogP contribution in [-0.2, 0) is 0 Å². The van der Waals surface area contributed by atoms with Gasteiger partial charge >= 0.3 is 0 Å². The van der Waals surface area contributed by atoms with Gasteiger partial charge in [-0.2, -0.15) is 0 Å². The summed E-state index contributed by atoms with van der Waals surface area (Å²) in [6.45, 7) is 7.44. The van der Waals surface area contributed by atoms with Gasteiger partial charge in [-0.15, -0.1) is 0 Å². The Morgan fingerprint density at radius 2 is 1.96 bits per heavy atom. The van der Waals surface area contributed by atoms with Crippen LogP contribution in [0.15, 0.2) is 29.5 Å². The molecule has 2 aliphatic rings. The van der Waals surface area contributed by atoms with Crippen molar-refractivity contribution in [2.75, 3.05) is 37.7 Å². The number of aliphatic hydroxyl groups is 1. The quantitative estimate of drug-likeness (QED) is 0.896. The van der Waals surface area contributed by atoms with Crippen LogP contribution in [-0.4, -0.2) is 64.6 Å². The molecule has 1 atom stereocenters. The largest absolute Gasteiger partial charge is 0.394 e. The maximum atomic E-state index is 9.35. The number of aromatic nitrogens is 2. The number of halogens is 1. The van der Waals surface area contributed by atoms with Crippen LogP contribution in [0.3, 0.4) is 0 Å². The number of pyridine rings is 2. The molecule has 2 aromatic rings. The summed E-state index contributed by atoms with van der Waals surface area (Å²) in [6.07, 6.45) is 3.56. The molecule has 1 unspecified atom stereocenters. The fourth-order valence-electron chi connectivity index (χ4n) is 3.62. The minimum atomic E-state index is -0.00176. The first kappa shape index (κ1) is 17.2. The minimum absolute atomic E-state index is 0.00176. The number of aliphatic imine (C=N–C) groups is 1. The standard InChI is InChI=1S/C19H22ClN5O/c1-12-5-13(2)19(22-7-12)15-6-17(21-8-16(15)20)25-4-3-24-9-14(11-26)23-18(24)10-25/h5-8,14,26H,3-4,9-11H2,1-2H3. The highest BCUT2D eigenvalue weighted by Gasteiger charge is 2.30. The first-order chi connectivity index (χ1) is 12.5. The van der Waals surface area contributed by atoms with Gasteiger partial charge in [0, 0.05) is 37.6 Å². The number of anilines is 1. The van der Waals surface area contributed by atoms with Gasteiger partial charge in [0.1, 0.15) is 11.7 Å². The van der Waals surface area contributed by atoms with Gasteiger partial charge in [0.15, 0.2) is 0 Å². The van der Waals surface area contributed by atoms with E-state index in [1.807, 2.05) is 26.1 Å². The van der Waals surface area contributed by atoms with E-state index in [4.69, 9.17) is 11.6 Å². The summed E-state index contributed by atoms with van der Waals surface area (Å²) in [7, 11) is 0. The van der Waals surface area contributed by atoms with Crippen molar-refractivity contribution in [3.63, 3.8) is 0 Å². The van der Waals surface area contributed by atoms with Gasteiger partial charge in [-0.1, -0.05) is 17.7 Å². The molecule has 1 fully saturated rings. The molecule has 136 valence electrons. The lowest BCUT2D eigenvalue weighted by molar-refractivity contribution is 0.255. The molecule has 1 saturated heterocycles. The highest BCUT2D eigenvalue weighted by molar-refractivity contribution is 6.33. The van der Waals surface area contributed by atoms with Crippen molar-refractivity contribution in [2.24, 2.45) is 4.99 Å². The lowest BCUT2D eigenvalue weighted by Crippen LogP contribution is -2.49. The van der Waals surface area contributed by atoms with Gasteiger partial charge in [-0.3, -0.25) is 9.98 Å². The topological polar surface area (TPSA) is 64.9 Å². The third-order valence-electron chi connectivity index (χ3n) is 4.95. The fourth-order valence-corrected chi connectivity index (χ4v) is 3.81. The Labute approximate surface area is 158 Å². The number of amidine groups is 1. The number of aryl methyl sites for hydroxylation is 2. The highest BCUT2D eigenvalue weighted by Crippen LogP contribution is 2.32. The van der Waals surface area contributed by atoms with Crippen LogP contribution in [0.5, 0.6) is 0 Å². The maximum Gasteiger partial charge on any atom is 0.129 e. The third kappa shape index (κ3) is 3.15. The molecule has 2 aromatic heterocycles. The van der Waals surface area contributed by atoms with Crippen LogP contribution in [0.2, 0.25) is 5.02 Å². The van der Waals surface area contributed by atoms with Crippen molar-refractivity contribution < 1.29 is 5.11 Å². The molecule has 1 N–H and O–H groups in total. The van der Waals surface area contributed by atoms with Gasteiger partial charge in [-0.25, -0.2) is 4.98 Å². The Kier molecular flexibility index (Phi) is 4.54. The molecule has 0 bridgehead atoms. The van der Waals surface area contributed by atoms with E-state index < -0.39 is 0 Å². The number of hydrogen-bond donors (Lipinski definition) is 1. The van der Waals surface area contributed by atoms with E-state index in [-0.39, 0.29) is 12.6 Å². The van der Waals surface area contributed by atoms with Crippen LogP contribution in [0.25, 0.3) is 11.3 Å². The van der Waals surface area contributed by atoms with Crippen molar-refractivity contribution in [1.29, 1.82) is 0 Å². The van der Waals surface area contributed by atoms with Crippen LogP contribution < -0.4 is 4.90 Å². The van der Waals surface area contributed by atoms with Crippen LogP contribution in [0.1, 0.15) is 11.1 Å². The second-order valence-electron chi connectivity index (χ2n) is 6.95. The molecule has 0 aliphatic carbocycles. The summed E-state index contributed by atoms with van der Waals surface area (Å²) in [5.41, 5.74) is 4.02. The van der Waals surface area contributed by atoms with E-state index in [1.54, 1.807) is 6.20 Å². The van der Waals surface area contributed by atoms with Gasteiger partial charge in [0.2, 0.25) is 0 Å². The molecule has 6 nitrogen and oxygen atoms in total. The first-order valence-corrected chi connectivity index (χ1v) is 9.19. The molecule has 0 radical (unpaired) electrons. The third-order valence-corrected chi connectivity index (χ3v) is 5.25. The van der Waals surface area contributed by atoms with E-state index in [0.717, 1.165) is 53.7 Å². The Hall–Kier alpha value is -2.18. The van der Waals surface area contributed by atoms with Gasteiger partial charge < -0.3 is 14.9 Å². The molecule has 0 aromatic carbocycles. The van der Waals surface area contributed by atoms with Gasteiger partial charge in [0.05, 0.1) is 29.9 Å². The zero-order valence-electron chi connectivity index (χ0n) is 15.0. The molecule has 2 aliphatic heterocycles. The Morgan fingerprint density at radius 1 is 1.15 bits per heavy atom. The molecule has 4 rings (SSSR count). The van der Waals surface area contributed by atoms with Crippen molar-refractivity contribution >= 4 is 23.3 Å². The molecule has 0 saturated carbocycles. The molecular formula is C19H22ClN5O. The normalized spacial score (nSPS) is 19.5. The summed E-state index contributed by atoms with van der Waals surface area (Å²) in [5, 5.41) is 9.96. The summed E-state index contributed by atoms with van der Waals surface area (Å²) < 4.78 is 0. The maximum absolute atomic E-state index is 9.35. The number of piperazine rings is 1. The van der Waals surface area contributed by atoms with Crippen molar-refractivity contribution in [1.82, 2.24) is 14.9 Å². The summed E-state index contributed by atoms with van der Waals surface area (Å²) in [4.78, 5) is 18.2. The van der Waals surface area contributed by atoms with Crippen molar-refractivity contribution in [3.05, 3.63) is 40.7 Å². The van der Waals surface area contributed by atoms with Crippen molar-refractivity contribution in [2.45, 2.75) is 19.9 Å². The lowest BCUT2D eigenvalue weighted by Gasteiger charge is -2.35. The fraction of sp³-hybridized carbons (Fsp3) is 0.421. The summed E-state index contributed by atoms with van der Waals surface area (Å²) in [5.74, 6) is 1.90. The van der Waals surface area contributed by atoms with Gasteiger partial charge in [-0.05, 0) is 31.0 Å². The van der Waals surface area contributed by atoms with E-state index >= 15 is 0 Å². The molecule has 4 heterocycles. The monoisotopic (exact) mass is 371 g/mol. The van der Waals surface area contributed by atoms with E-state index in [2.05, 4.69) is 30.8 Å².